The largest absolute Gasteiger partial charge is 0.468 e. The minimum absolute atomic E-state index is 0.125. The number of hydrogen-bond donors (Lipinski definition) is 1. The van der Waals surface area contributed by atoms with Gasteiger partial charge in [-0.2, -0.15) is 0 Å². The highest BCUT2D eigenvalue weighted by Crippen LogP contribution is 2.22. The van der Waals surface area contributed by atoms with Gasteiger partial charge < -0.3 is 14.6 Å². The van der Waals surface area contributed by atoms with Crippen LogP contribution in [-0.4, -0.2) is 52.5 Å². The molecule has 6 nitrogen and oxygen atoms in total. The van der Waals surface area contributed by atoms with Gasteiger partial charge in [-0.1, -0.05) is 6.07 Å². The molecular formula is C23H32N4O2. The number of carbonyl (C=O) groups is 1. The molecule has 0 spiro atoms. The summed E-state index contributed by atoms with van der Waals surface area (Å²) < 4.78 is 5.45. The Balaban J connectivity index is 1.24. The molecule has 1 atom stereocenters. The van der Waals surface area contributed by atoms with Crippen LogP contribution >= 0.6 is 0 Å². The monoisotopic (exact) mass is 396 g/mol. The lowest BCUT2D eigenvalue weighted by molar-refractivity contribution is 0.133. The second-order valence-electron chi connectivity index (χ2n) is 8.28. The highest BCUT2D eigenvalue weighted by Gasteiger charge is 2.29. The molecule has 2 fully saturated rings. The summed E-state index contributed by atoms with van der Waals surface area (Å²) in [5.41, 5.74) is 1.11. The molecule has 2 amide bonds. The van der Waals surface area contributed by atoms with E-state index in [0.717, 1.165) is 76.2 Å². The quantitative estimate of drug-likeness (QED) is 0.806. The van der Waals surface area contributed by atoms with Crippen molar-refractivity contribution in [1.29, 1.82) is 0 Å². The van der Waals surface area contributed by atoms with Crippen molar-refractivity contribution in [3.8, 4) is 0 Å². The van der Waals surface area contributed by atoms with Crippen molar-refractivity contribution < 1.29 is 9.21 Å². The van der Waals surface area contributed by atoms with E-state index >= 15 is 0 Å². The van der Waals surface area contributed by atoms with Crippen molar-refractivity contribution in [3.63, 3.8) is 0 Å². The molecule has 2 aliphatic heterocycles. The maximum absolute atomic E-state index is 13.0. The molecule has 0 aromatic carbocycles. The second-order valence-corrected chi connectivity index (χ2v) is 8.28. The van der Waals surface area contributed by atoms with E-state index in [2.05, 4.69) is 26.2 Å². The number of nitrogens with one attached hydrogen (secondary N) is 1. The first-order valence-electron chi connectivity index (χ1n) is 11.0. The van der Waals surface area contributed by atoms with Gasteiger partial charge >= 0.3 is 6.03 Å². The fourth-order valence-corrected chi connectivity index (χ4v) is 4.54. The van der Waals surface area contributed by atoms with Crippen LogP contribution in [0.4, 0.5) is 4.79 Å². The van der Waals surface area contributed by atoms with Crippen LogP contribution in [0.1, 0.15) is 50.0 Å². The Bertz CT molecular complexity index is 742. The first-order valence-corrected chi connectivity index (χ1v) is 11.0. The van der Waals surface area contributed by atoms with Crippen molar-refractivity contribution in [2.24, 2.45) is 0 Å². The Morgan fingerprint density at radius 2 is 2.00 bits per heavy atom. The van der Waals surface area contributed by atoms with Crippen molar-refractivity contribution in [1.82, 2.24) is 20.1 Å². The van der Waals surface area contributed by atoms with Crippen LogP contribution in [0.3, 0.4) is 0 Å². The zero-order valence-corrected chi connectivity index (χ0v) is 17.1. The number of aryl methyl sites for hydroxylation is 1. The predicted octanol–water partition coefficient (Wildman–Crippen LogP) is 3.84. The fourth-order valence-electron chi connectivity index (χ4n) is 4.54. The molecule has 2 aliphatic rings. The van der Waals surface area contributed by atoms with E-state index in [9.17, 15) is 4.79 Å². The zero-order valence-electron chi connectivity index (χ0n) is 17.1. The third kappa shape index (κ3) is 5.60. The van der Waals surface area contributed by atoms with Gasteiger partial charge in [-0.25, -0.2) is 4.79 Å². The van der Waals surface area contributed by atoms with E-state index in [0.29, 0.717) is 6.04 Å². The van der Waals surface area contributed by atoms with Crippen molar-refractivity contribution in [3.05, 3.63) is 54.2 Å². The molecule has 0 bridgehead atoms. The molecule has 29 heavy (non-hydrogen) atoms. The first-order chi connectivity index (χ1) is 14.3. The lowest BCUT2D eigenvalue weighted by atomic mass is 9.97. The molecule has 1 N–H and O–H groups in total. The van der Waals surface area contributed by atoms with Gasteiger partial charge in [0.2, 0.25) is 0 Å². The van der Waals surface area contributed by atoms with Gasteiger partial charge in [0.1, 0.15) is 5.76 Å². The topological polar surface area (TPSA) is 61.6 Å². The minimum atomic E-state index is 0.125. The number of nitrogens with zero attached hydrogens (tertiary/aromatic N) is 3. The molecule has 0 aliphatic carbocycles. The maximum Gasteiger partial charge on any atom is 0.317 e. The van der Waals surface area contributed by atoms with Gasteiger partial charge in [0, 0.05) is 43.6 Å². The number of furan rings is 1. The second kappa shape index (κ2) is 9.92. The number of pyridine rings is 1. The summed E-state index contributed by atoms with van der Waals surface area (Å²) >= 11 is 0. The minimum Gasteiger partial charge on any atom is -0.468 e. The summed E-state index contributed by atoms with van der Waals surface area (Å²) in [6.07, 6.45) is 10.9. The summed E-state index contributed by atoms with van der Waals surface area (Å²) in [6.45, 7) is 3.72. The van der Waals surface area contributed by atoms with E-state index in [4.69, 9.17) is 4.42 Å². The number of amides is 2. The van der Waals surface area contributed by atoms with Crippen molar-refractivity contribution in [2.75, 3.05) is 19.6 Å². The Morgan fingerprint density at radius 3 is 2.76 bits per heavy atom. The number of piperidine rings is 2. The number of hydrogen-bond acceptors (Lipinski definition) is 4. The smallest absolute Gasteiger partial charge is 0.317 e. The van der Waals surface area contributed by atoms with Crippen molar-refractivity contribution >= 4 is 6.03 Å². The number of aromatic nitrogens is 1. The van der Waals surface area contributed by atoms with E-state index < -0.39 is 0 Å². The molecule has 2 aromatic rings. The molecule has 0 saturated carbocycles. The predicted molar refractivity (Wildman–Crippen MR) is 112 cm³/mol. The first kappa shape index (κ1) is 20.0. The summed E-state index contributed by atoms with van der Waals surface area (Å²) in [6, 6.07) is 10.7. The van der Waals surface area contributed by atoms with Gasteiger partial charge in [0.25, 0.3) is 0 Å². The summed E-state index contributed by atoms with van der Waals surface area (Å²) in [4.78, 5) is 21.9. The van der Waals surface area contributed by atoms with Gasteiger partial charge in [0.05, 0.1) is 12.8 Å². The van der Waals surface area contributed by atoms with Gasteiger partial charge in [0.15, 0.2) is 0 Å². The van der Waals surface area contributed by atoms with Gasteiger partial charge in [-0.15, -0.1) is 0 Å². The third-order valence-electron chi connectivity index (χ3n) is 6.22. The Kier molecular flexibility index (Phi) is 6.83. The van der Waals surface area contributed by atoms with E-state index in [-0.39, 0.29) is 12.1 Å². The Labute approximate surface area is 173 Å². The van der Waals surface area contributed by atoms with Crippen LogP contribution in [0.5, 0.6) is 0 Å². The summed E-state index contributed by atoms with van der Waals surface area (Å²) in [5.74, 6) is 1.01. The highest BCUT2D eigenvalue weighted by molar-refractivity contribution is 5.75. The molecule has 4 heterocycles. The highest BCUT2D eigenvalue weighted by atomic mass is 16.3. The standard InChI is InChI=1S/C23H32N4O2/c28-23(25-20-11-15-26(16-12-20)18-22-8-5-17-29-22)27-14-4-2-7-21(27)10-9-19-6-1-3-13-24-19/h1,3,5-6,8,13,17,20-21H,2,4,7,9-12,14-16,18H2,(H,25,28). The van der Waals surface area contributed by atoms with Crippen LogP contribution in [0, 0.1) is 0 Å². The van der Waals surface area contributed by atoms with Crippen LogP contribution < -0.4 is 5.32 Å². The molecule has 0 radical (unpaired) electrons. The van der Waals surface area contributed by atoms with Crippen LogP contribution in [0.2, 0.25) is 0 Å². The number of carbonyl (C=O) groups excluding carboxylic acids is 1. The SMILES string of the molecule is O=C(NC1CCN(Cc2ccco2)CC1)N1CCCCC1CCc1ccccn1. The fraction of sp³-hybridized carbons (Fsp3) is 0.565. The summed E-state index contributed by atoms with van der Waals surface area (Å²) in [5, 5.41) is 3.32. The Morgan fingerprint density at radius 1 is 1.10 bits per heavy atom. The Hall–Kier alpha value is -2.34. The average molecular weight is 397 g/mol. The summed E-state index contributed by atoms with van der Waals surface area (Å²) in [7, 11) is 0. The van der Waals surface area contributed by atoms with E-state index in [1.807, 2.05) is 30.5 Å². The lowest BCUT2D eigenvalue weighted by Gasteiger charge is -2.38. The van der Waals surface area contributed by atoms with Gasteiger partial charge in [-0.3, -0.25) is 9.88 Å². The van der Waals surface area contributed by atoms with Crippen LogP contribution in [0.15, 0.2) is 47.2 Å². The number of urea groups is 1. The van der Waals surface area contributed by atoms with Crippen molar-refractivity contribution in [2.45, 2.75) is 63.6 Å². The lowest BCUT2D eigenvalue weighted by Crippen LogP contribution is -2.53. The number of likely N-dealkylation sites (tertiary alicyclic amines) is 2. The third-order valence-corrected chi connectivity index (χ3v) is 6.22. The molecule has 6 heteroatoms. The molecule has 4 rings (SSSR count). The van der Waals surface area contributed by atoms with E-state index in [1.54, 1.807) is 6.26 Å². The number of rotatable bonds is 6. The maximum atomic E-state index is 13.0. The molecule has 2 aromatic heterocycles. The van der Waals surface area contributed by atoms with Gasteiger partial charge in [-0.05, 0) is 69.2 Å². The molecule has 1 unspecified atom stereocenters. The van der Waals surface area contributed by atoms with E-state index in [1.165, 1.54) is 6.42 Å². The van der Waals surface area contributed by atoms with Crippen LogP contribution in [-0.2, 0) is 13.0 Å². The molecule has 2 saturated heterocycles. The molecular weight excluding hydrogens is 364 g/mol. The van der Waals surface area contributed by atoms with Crippen LogP contribution in [0.25, 0.3) is 0 Å². The normalized spacial score (nSPS) is 21.2. The average Bonchev–Trinajstić information content (AvgIpc) is 3.28. The molecule has 156 valence electrons. The zero-order chi connectivity index (χ0) is 19.9.